The molecule has 2 aromatic carbocycles. The lowest BCUT2D eigenvalue weighted by Crippen LogP contribution is -1.91. The SMILES string of the molecule is CCCCCCc1cccc2c1-c1ccccc1[CH]2. The van der Waals surface area contributed by atoms with Crippen LogP contribution in [0.5, 0.6) is 0 Å². The molecule has 0 amide bonds. The molecule has 0 saturated heterocycles. The number of aryl methyl sites for hydroxylation is 1. The molecule has 0 N–H and O–H groups in total. The van der Waals surface area contributed by atoms with Crippen LogP contribution in [-0.4, -0.2) is 0 Å². The van der Waals surface area contributed by atoms with Crippen molar-refractivity contribution in [3.05, 3.63) is 65.6 Å². The summed E-state index contributed by atoms with van der Waals surface area (Å²) >= 11 is 0. The Hall–Kier alpha value is -1.56. The Kier molecular flexibility index (Phi) is 3.68. The maximum Gasteiger partial charge on any atom is 0.0212 e. The molecule has 0 saturated carbocycles. The predicted molar refractivity (Wildman–Crippen MR) is 82.2 cm³/mol. The Morgan fingerprint density at radius 3 is 2.53 bits per heavy atom. The zero-order valence-corrected chi connectivity index (χ0v) is 11.7. The first-order valence-corrected chi connectivity index (χ1v) is 7.46. The number of fused-ring (bicyclic) bond motifs is 3. The van der Waals surface area contributed by atoms with Crippen molar-refractivity contribution in [2.75, 3.05) is 0 Å². The number of benzene rings is 2. The Morgan fingerprint density at radius 2 is 1.63 bits per heavy atom. The first kappa shape index (κ1) is 12.5. The first-order chi connectivity index (χ1) is 9.40. The third-order valence-corrected chi connectivity index (χ3v) is 4.02. The topological polar surface area (TPSA) is 0 Å². The third-order valence-electron chi connectivity index (χ3n) is 4.02. The smallest absolute Gasteiger partial charge is 0.0212 e. The molecule has 0 spiro atoms. The van der Waals surface area contributed by atoms with Gasteiger partial charge >= 0.3 is 0 Å². The van der Waals surface area contributed by atoms with Crippen LogP contribution >= 0.6 is 0 Å². The normalized spacial score (nSPS) is 12.3. The molecule has 0 fully saturated rings. The van der Waals surface area contributed by atoms with E-state index in [1.165, 1.54) is 59.9 Å². The van der Waals surface area contributed by atoms with E-state index in [2.05, 4.69) is 55.8 Å². The monoisotopic (exact) mass is 249 g/mol. The van der Waals surface area contributed by atoms with Crippen LogP contribution in [0.4, 0.5) is 0 Å². The maximum atomic E-state index is 2.32. The zero-order chi connectivity index (χ0) is 13.1. The molecule has 1 aliphatic rings. The Labute approximate surface area is 116 Å². The summed E-state index contributed by atoms with van der Waals surface area (Å²) in [5.41, 5.74) is 7.20. The fraction of sp³-hybridized carbons (Fsp3) is 0.316. The van der Waals surface area contributed by atoms with Crippen LogP contribution in [0.15, 0.2) is 42.5 Å². The van der Waals surface area contributed by atoms with Crippen molar-refractivity contribution in [1.82, 2.24) is 0 Å². The van der Waals surface area contributed by atoms with Crippen molar-refractivity contribution in [3.63, 3.8) is 0 Å². The first-order valence-electron chi connectivity index (χ1n) is 7.46. The van der Waals surface area contributed by atoms with Crippen molar-refractivity contribution in [2.45, 2.75) is 39.0 Å². The molecule has 0 atom stereocenters. The largest absolute Gasteiger partial charge is 0.0654 e. The van der Waals surface area contributed by atoms with Gasteiger partial charge in [-0.25, -0.2) is 0 Å². The van der Waals surface area contributed by atoms with Crippen LogP contribution in [-0.2, 0) is 6.42 Å². The van der Waals surface area contributed by atoms with Gasteiger partial charge in [-0.3, -0.25) is 0 Å². The second-order valence-electron chi connectivity index (χ2n) is 5.42. The molecule has 0 nitrogen and oxygen atoms in total. The molecule has 0 aromatic heterocycles. The number of hydrogen-bond acceptors (Lipinski definition) is 0. The summed E-state index contributed by atoms with van der Waals surface area (Å²) in [5.74, 6) is 0. The third kappa shape index (κ3) is 2.45. The highest BCUT2D eigenvalue weighted by atomic mass is 14.2. The van der Waals surface area contributed by atoms with Gasteiger partial charge in [0.1, 0.15) is 0 Å². The molecule has 97 valence electrons. The van der Waals surface area contributed by atoms with E-state index < -0.39 is 0 Å². The summed E-state index contributed by atoms with van der Waals surface area (Å²) in [7, 11) is 0. The highest BCUT2D eigenvalue weighted by molar-refractivity contribution is 5.83. The quantitative estimate of drug-likeness (QED) is 0.532. The van der Waals surface area contributed by atoms with Gasteiger partial charge in [-0.2, -0.15) is 0 Å². The summed E-state index contributed by atoms with van der Waals surface area (Å²) in [6.45, 7) is 2.27. The van der Waals surface area contributed by atoms with Crippen molar-refractivity contribution >= 4 is 0 Å². The Bertz CT molecular complexity index is 566. The molecule has 0 bridgehead atoms. The van der Waals surface area contributed by atoms with Crippen LogP contribution in [0, 0.1) is 6.42 Å². The average Bonchev–Trinajstić information content (AvgIpc) is 2.83. The maximum absolute atomic E-state index is 2.32. The molecule has 0 heterocycles. The lowest BCUT2D eigenvalue weighted by atomic mass is 9.95. The van der Waals surface area contributed by atoms with Crippen molar-refractivity contribution in [2.24, 2.45) is 0 Å². The minimum Gasteiger partial charge on any atom is -0.0654 e. The molecule has 2 aromatic rings. The summed E-state index contributed by atoms with van der Waals surface area (Å²) in [4.78, 5) is 0. The molecule has 0 heteroatoms. The number of hydrogen-bond donors (Lipinski definition) is 0. The second-order valence-corrected chi connectivity index (χ2v) is 5.42. The minimum atomic E-state index is 1.21. The van der Waals surface area contributed by atoms with Gasteiger partial charge in [-0.05, 0) is 40.7 Å². The van der Waals surface area contributed by atoms with E-state index in [9.17, 15) is 0 Å². The van der Waals surface area contributed by atoms with E-state index in [0.717, 1.165) is 0 Å². The van der Waals surface area contributed by atoms with Gasteiger partial charge in [0, 0.05) is 6.42 Å². The van der Waals surface area contributed by atoms with Gasteiger partial charge in [0.15, 0.2) is 0 Å². The van der Waals surface area contributed by atoms with E-state index in [-0.39, 0.29) is 0 Å². The predicted octanol–water partition coefficient (Wildman–Crippen LogP) is 5.39. The molecule has 3 rings (SSSR count). The van der Waals surface area contributed by atoms with Gasteiger partial charge in [0.05, 0.1) is 0 Å². The van der Waals surface area contributed by atoms with Gasteiger partial charge in [-0.1, -0.05) is 68.7 Å². The van der Waals surface area contributed by atoms with Gasteiger partial charge in [0.2, 0.25) is 0 Å². The molecule has 0 unspecified atom stereocenters. The van der Waals surface area contributed by atoms with Crippen LogP contribution in [0.2, 0.25) is 0 Å². The van der Waals surface area contributed by atoms with Crippen molar-refractivity contribution < 1.29 is 0 Å². The molecule has 1 radical (unpaired) electrons. The van der Waals surface area contributed by atoms with Crippen LogP contribution in [0.1, 0.15) is 49.3 Å². The zero-order valence-electron chi connectivity index (χ0n) is 11.7. The Morgan fingerprint density at radius 1 is 0.789 bits per heavy atom. The second kappa shape index (κ2) is 5.61. The Balaban J connectivity index is 1.87. The van der Waals surface area contributed by atoms with E-state index in [1.54, 1.807) is 0 Å². The fourth-order valence-corrected chi connectivity index (χ4v) is 3.04. The summed E-state index contributed by atoms with van der Waals surface area (Å²) in [5, 5.41) is 0. The molecule has 19 heavy (non-hydrogen) atoms. The fourth-order valence-electron chi connectivity index (χ4n) is 3.04. The molecular formula is C19H21. The van der Waals surface area contributed by atoms with Crippen LogP contribution in [0.25, 0.3) is 11.1 Å². The van der Waals surface area contributed by atoms with E-state index in [4.69, 9.17) is 0 Å². The van der Waals surface area contributed by atoms with Gasteiger partial charge in [0.25, 0.3) is 0 Å². The lowest BCUT2D eigenvalue weighted by Gasteiger charge is -2.09. The highest BCUT2D eigenvalue weighted by Gasteiger charge is 2.20. The van der Waals surface area contributed by atoms with E-state index >= 15 is 0 Å². The minimum absolute atomic E-state index is 1.21. The summed E-state index contributed by atoms with van der Waals surface area (Å²) in [6, 6.07) is 15.5. The van der Waals surface area contributed by atoms with E-state index in [0.29, 0.717) is 0 Å². The molecule has 1 aliphatic carbocycles. The summed E-state index contributed by atoms with van der Waals surface area (Å²) < 4.78 is 0. The van der Waals surface area contributed by atoms with Gasteiger partial charge in [-0.15, -0.1) is 0 Å². The van der Waals surface area contributed by atoms with E-state index in [1.807, 2.05) is 0 Å². The number of rotatable bonds is 5. The number of unbranched alkanes of at least 4 members (excludes halogenated alkanes) is 3. The standard InChI is InChI=1S/C19H21/c1-2-3-4-5-9-15-11-8-12-17-14-16-10-6-7-13-18(16)19(15)17/h6-8,10-14H,2-5,9H2,1H3. The highest BCUT2D eigenvalue weighted by Crippen LogP contribution is 2.40. The molecule has 0 aliphatic heterocycles. The summed E-state index contributed by atoms with van der Waals surface area (Å²) in [6.07, 6.45) is 8.87. The molecular weight excluding hydrogens is 228 g/mol. The van der Waals surface area contributed by atoms with Crippen molar-refractivity contribution in [3.8, 4) is 11.1 Å². The van der Waals surface area contributed by atoms with Gasteiger partial charge < -0.3 is 0 Å². The lowest BCUT2D eigenvalue weighted by molar-refractivity contribution is 0.667. The average molecular weight is 249 g/mol. The van der Waals surface area contributed by atoms with Crippen molar-refractivity contribution in [1.29, 1.82) is 0 Å². The van der Waals surface area contributed by atoms with Crippen LogP contribution < -0.4 is 0 Å². The van der Waals surface area contributed by atoms with Crippen LogP contribution in [0.3, 0.4) is 0 Å².